The van der Waals surface area contributed by atoms with Crippen molar-refractivity contribution in [1.82, 2.24) is 10.3 Å². The van der Waals surface area contributed by atoms with Gasteiger partial charge in [-0.1, -0.05) is 12.1 Å². The topological polar surface area (TPSA) is 96.6 Å². The van der Waals surface area contributed by atoms with E-state index < -0.39 is 0 Å². The number of aromatic hydroxyl groups is 1. The number of aromatic nitrogens is 1. The quantitative estimate of drug-likeness (QED) is 0.392. The predicted molar refractivity (Wildman–Crippen MR) is 122 cm³/mol. The van der Waals surface area contributed by atoms with E-state index in [1.807, 2.05) is 31.2 Å². The number of nitrogens with one attached hydrogen (secondary N) is 2. The summed E-state index contributed by atoms with van der Waals surface area (Å²) < 4.78 is 11.1. The van der Waals surface area contributed by atoms with E-state index in [9.17, 15) is 9.90 Å². The van der Waals surface area contributed by atoms with Crippen LogP contribution in [0.5, 0.6) is 11.5 Å². The molecule has 1 aromatic heterocycles. The van der Waals surface area contributed by atoms with Crippen molar-refractivity contribution >= 4 is 40.0 Å². The zero-order chi connectivity index (χ0) is 21.8. The number of para-hydroxylation sites is 2. The van der Waals surface area contributed by atoms with Gasteiger partial charge in [0.25, 0.3) is 5.91 Å². The Bertz CT molecular complexity index is 1220. The van der Waals surface area contributed by atoms with E-state index >= 15 is 0 Å². The number of phenolic OH excluding ortho intramolecular Hbond substituents is 1. The maximum Gasteiger partial charge on any atom is 0.257 e. The number of carbonyl (C=O) groups is 1. The number of thiocarbonyl (C=S) groups is 1. The number of anilines is 1. The first-order chi connectivity index (χ1) is 15.0. The Morgan fingerprint density at radius 3 is 2.61 bits per heavy atom. The molecular weight excluding hydrogens is 414 g/mol. The predicted octanol–water partition coefficient (Wildman–Crippen LogP) is 4.73. The zero-order valence-electron chi connectivity index (χ0n) is 16.6. The largest absolute Gasteiger partial charge is 0.507 e. The molecule has 0 spiro atoms. The molecule has 7 nitrogen and oxygen atoms in total. The van der Waals surface area contributed by atoms with Crippen molar-refractivity contribution < 1.29 is 19.1 Å². The fourth-order valence-electron chi connectivity index (χ4n) is 2.98. The minimum absolute atomic E-state index is 0.0304. The van der Waals surface area contributed by atoms with Crippen molar-refractivity contribution in [3.05, 3.63) is 72.3 Å². The second-order valence-corrected chi connectivity index (χ2v) is 6.99. The average Bonchev–Trinajstić information content (AvgIpc) is 3.18. The van der Waals surface area contributed by atoms with Crippen LogP contribution in [0.2, 0.25) is 0 Å². The van der Waals surface area contributed by atoms with Crippen LogP contribution < -0.4 is 15.4 Å². The van der Waals surface area contributed by atoms with E-state index in [0.29, 0.717) is 46.2 Å². The van der Waals surface area contributed by atoms with Gasteiger partial charge in [-0.15, -0.1) is 0 Å². The second kappa shape index (κ2) is 8.85. The normalized spacial score (nSPS) is 10.6. The van der Waals surface area contributed by atoms with Gasteiger partial charge < -0.3 is 19.6 Å². The minimum Gasteiger partial charge on any atom is -0.507 e. The average molecular weight is 433 g/mol. The molecule has 0 saturated heterocycles. The summed E-state index contributed by atoms with van der Waals surface area (Å²) in [5, 5.41) is 16.0. The van der Waals surface area contributed by atoms with Gasteiger partial charge in [0.05, 0.1) is 12.2 Å². The number of phenols is 1. The lowest BCUT2D eigenvalue weighted by Gasteiger charge is -2.11. The first-order valence-corrected chi connectivity index (χ1v) is 9.98. The summed E-state index contributed by atoms with van der Waals surface area (Å²) >= 11 is 5.21. The van der Waals surface area contributed by atoms with Crippen LogP contribution in [0, 0.1) is 0 Å². The van der Waals surface area contributed by atoms with E-state index in [1.54, 1.807) is 36.4 Å². The van der Waals surface area contributed by atoms with Gasteiger partial charge in [0.2, 0.25) is 5.89 Å². The van der Waals surface area contributed by atoms with Crippen molar-refractivity contribution in [2.24, 2.45) is 0 Å². The molecule has 156 valence electrons. The summed E-state index contributed by atoms with van der Waals surface area (Å²) in [7, 11) is 0. The molecule has 3 aromatic carbocycles. The highest BCUT2D eigenvalue weighted by Gasteiger charge is 2.14. The van der Waals surface area contributed by atoms with Crippen LogP contribution in [0.3, 0.4) is 0 Å². The zero-order valence-corrected chi connectivity index (χ0v) is 17.4. The van der Waals surface area contributed by atoms with Gasteiger partial charge in [-0.2, -0.15) is 0 Å². The lowest BCUT2D eigenvalue weighted by molar-refractivity contribution is 0.0977. The van der Waals surface area contributed by atoms with E-state index in [-0.39, 0.29) is 16.8 Å². The van der Waals surface area contributed by atoms with Crippen LogP contribution >= 0.6 is 12.2 Å². The number of ether oxygens (including phenoxy) is 1. The van der Waals surface area contributed by atoms with Crippen molar-refractivity contribution in [3.8, 4) is 23.0 Å². The number of benzene rings is 3. The van der Waals surface area contributed by atoms with Gasteiger partial charge in [0.15, 0.2) is 10.7 Å². The molecule has 0 bridgehead atoms. The highest BCUT2D eigenvalue weighted by molar-refractivity contribution is 7.80. The SMILES string of the molecule is CCOc1ccc(C(=O)NC(=S)Nc2ccc(-c3nc4ccccc4o3)c(O)c2)cc1. The number of carbonyl (C=O) groups excluding carboxylic acids is 1. The first-order valence-electron chi connectivity index (χ1n) is 9.57. The van der Waals surface area contributed by atoms with Crippen LogP contribution in [0.1, 0.15) is 17.3 Å². The van der Waals surface area contributed by atoms with Gasteiger partial charge in [-0.05, 0) is 67.7 Å². The third kappa shape index (κ3) is 4.65. The van der Waals surface area contributed by atoms with Gasteiger partial charge in [0.1, 0.15) is 17.0 Å². The Kier molecular flexibility index (Phi) is 5.81. The molecule has 0 atom stereocenters. The standard InChI is InChI=1S/C23H19N3O4S/c1-2-29-16-10-7-14(8-11-16)21(28)26-23(31)24-15-9-12-17(19(27)13-15)22-25-18-5-3-4-6-20(18)30-22/h3-13,27H,2H2,1H3,(H2,24,26,28,31). The molecule has 0 saturated carbocycles. The Morgan fingerprint density at radius 2 is 1.90 bits per heavy atom. The van der Waals surface area contributed by atoms with Crippen LogP contribution in [-0.2, 0) is 0 Å². The van der Waals surface area contributed by atoms with Crippen molar-refractivity contribution in [1.29, 1.82) is 0 Å². The van der Waals surface area contributed by atoms with Crippen LogP contribution in [-0.4, -0.2) is 27.7 Å². The monoisotopic (exact) mass is 433 g/mol. The van der Waals surface area contributed by atoms with Crippen LogP contribution in [0.25, 0.3) is 22.6 Å². The molecular formula is C23H19N3O4S. The Balaban J connectivity index is 1.42. The molecule has 1 amide bonds. The second-order valence-electron chi connectivity index (χ2n) is 6.58. The number of amides is 1. The molecule has 1 heterocycles. The fourth-order valence-corrected chi connectivity index (χ4v) is 3.20. The summed E-state index contributed by atoms with van der Waals surface area (Å²) in [6, 6.07) is 19.0. The highest BCUT2D eigenvalue weighted by Crippen LogP contribution is 2.33. The van der Waals surface area contributed by atoms with Gasteiger partial charge in [-0.3, -0.25) is 10.1 Å². The van der Waals surface area contributed by atoms with E-state index in [2.05, 4.69) is 15.6 Å². The van der Waals surface area contributed by atoms with Gasteiger partial charge >= 0.3 is 0 Å². The van der Waals surface area contributed by atoms with Crippen LogP contribution in [0.15, 0.2) is 71.1 Å². The number of fused-ring (bicyclic) bond motifs is 1. The maximum absolute atomic E-state index is 12.4. The number of oxazole rings is 1. The van der Waals surface area contributed by atoms with Crippen molar-refractivity contribution in [2.75, 3.05) is 11.9 Å². The molecule has 31 heavy (non-hydrogen) atoms. The summed E-state index contributed by atoms with van der Waals surface area (Å²) in [5.74, 6) is 0.621. The third-order valence-corrected chi connectivity index (χ3v) is 4.64. The molecule has 4 rings (SSSR count). The van der Waals surface area contributed by atoms with E-state index in [1.165, 1.54) is 6.07 Å². The number of nitrogens with zero attached hydrogens (tertiary/aromatic N) is 1. The molecule has 0 aliphatic heterocycles. The summed E-state index contributed by atoms with van der Waals surface area (Å²) in [5.41, 5.74) is 2.75. The highest BCUT2D eigenvalue weighted by atomic mass is 32.1. The molecule has 8 heteroatoms. The molecule has 4 aromatic rings. The Hall–Kier alpha value is -3.91. The summed E-state index contributed by atoms with van der Waals surface area (Å²) in [6.45, 7) is 2.44. The Morgan fingerprint density at radius 1 is 1.13 bits per heavy atom. The smallest absolute Gasteiger partial charge is 0.257 e. The summed E-state index contributed by atoms with van der Waals surface area (Å²) in [6.07, 6.45) is 0. The third-order valence-electron chi connectivity index (χ3n) is 4.43. The van der Waals surface area contributed by atoms with Crippen molar-refractivity contribution in [3.63, 3.8) is 0 Å². The lowest BCUT2D eigenvalue weighted by atomic mass is 10.2. The maximum atomic E-state index is 12.4. The van der Waals surface area contributed by atoms with Crippen molar-refractivity contribution in [2.45, 2.75) is 6.92 Å². The van der Waals surface area contributed by atoms with Gasteiger partial charge in [0, 0.05) is 17.3 Å². The molecule has 0 aliphatic carbocycles. The molecule has 3 N–H and O–H groups in total. The van der Waals surface area contributed by atoms with E-state index in [0.717, 1.165) is 0 Å². The lowest BCUT2D eigenvalue weighted by Crippen LogP contribution is -2.34. The number of rotatable bonds is 5. The summed E-state index contributed by atoms with van der Waals surface area (Å²) in [4.78, 5) is 16.7. The first kappa shape index (κ1) is 20.4. The number of hydrogen-bond acceptors (Lipinski definition) is 6. The van der Waals surface area contributed by atoms with E-state index in [4.69, 9.17) is 21.4 Å². The molecule has 0 fully saturated rings. The molecule has 0 unspecified atom stereocenters. The fraction of sp³-hybridized carbons (Fsp3) is 0.0870. The molecule has 0 aliphatic rings. The number of hydrogen-bond donors (Lipinski definition) is 3. The van der Waals surface area contributed by atoms with Gasteiger partial charge in [-0.25, -0.2) is 4.98 Å². The van der Waals surface area contributed by atoms with Crippen LogP contribution in [0.4, 0.5) is 5.69 Å². The minimum atomic E-state index is -0.354. The molecule has 0 radical (unpaired) electrons. The Labute approximate surface area is 183 Å².